The van der Waals surface area contributed by atoms with Crippen molar-refractivity contribution in [1.29, 1.82) is 0 Å². The molecule has 1 aliphatic rings. The lowest BCUT2D eigenvalue weighted by Gasteiger charge is -2.11. The van der Waals surface area contributed by atoms with Gasteiger partial charge in [-0.3, -0.25) is 0 Å². The summed E-state index contributed by atoms with van der Waals surface area (Å²) in [6.07, 6.45) is 4.62. The quantitative estimate of drug-likeness (QED) is 0.593. The maximum atomic E-state index is 10.4. The molecule has 0 aliphatic heterocycles. The molecule has 0 radical (unpaired) electrons. The van der Waals surface area contributed by atoms with Gasteiger partial charge in [-0.2, -0.15) is 0 Å². The summed E-state index contributed by atoms with van der Waals surface area (Å²) in [6, 6.07) is 14.8. The van der Waals surface area contributed by atoms with Crippen LogP contribution in [0.15, 0.2) is 42.5 Å². The summed E-state index contributed by atoms with van der Waals surface area (Å²) in [5.41, 5.74) is 6.16. The number of hydrogen-bond donors (Lipinski definition) is 2. The van der Waals surface area contributed by atoms with Crippen molar-refractivity contribution in [2.45, 2.75) is 38.5 Å². The molecule has 0 aromatic heterocycles. The van der Waals surface area contributed by atoms with Crippen LogP contribution in [0, 0.1) is 0 Å². The molecule has 0 bridgehead atoms. The van der Waals surface area contributed by atoms with Gasteiger partial charge in [0.15, 0.2) is 0 Å². The van der Waals surface area contributed by atoms with E-state index in [2.05, 4.69) is 42.6 Å². The molecule has 1 unspecified atom stereocenters. The average molecular weight is 339 g/mol. The Kier molecular flexibility index (Phi) is 7.83. The van der Waals surface area contributed by atoms with Gasteiger partial charge in [-0.05, 0) is 60.7 Å². The van der Waals surface area contributed by atoms with Crippen molar-refractivity contribution in [2.24, 2.45) is 0 Å². The Labute approximate surface area is 151 Å². The molecule has 0 heterocycles. The largest absolute Gasteiger partial charge is 0.395 e. The summed E-state index contributed by atoms with van der Waals surface area (Å²) in [5.74, 6) is 0.0900. The van der Waals surface area contributed by atoms with E-state index >= 15 is 0 Å². The molecule has 134 valence electrons. The van der Waals surface area contributed by atoms with Crippen molar-refractivity contribution in [1.82, 2.24) is 5.32 Å². The number of fused-ring (bicyclic) bond motifs is 3. The summed E-state index contributed by atoms with van der Waals surface area (Å²) in [4.78, 5) is 10.4. The highest BCUT2D eigenvalue weighted by atomic mass is 16.3. The molecule has 0 saturated carbocycles. The Morgan fingerprint density at radius 3 is 2.52 bits per heavy atom. The van der Waals surface area contributed by atoms with Crippen LogP contribution in [-0.4, -0.2) is 31.6 Å². The van der Waals surface area contributed by atoms with Gasteiger partial charge in [0.2, 0.25) is 0 Å². The molecule has 0 fully saturated rings. The molecule has 2 aromatic carbocycles. The zero-order valence-electron chi connectivity index (χ0n) is 15.3. The van der Waals surface area contributed by atoms with Crippen molar-refractivity contribution in [3.05, 3.63) is 59.2 Å². The summed E-state index contributed by atoms with van der Waals surface area (Å²) in [6.45, 7) is 3.43. The summed E-state index contributed by atoms with van der Waals surface area (Å²) >= 11 is 0. The molecule has 3 nitrogen and oxygen atoms in total. The number of carbonyl (C=O) groups excluding carboxylic acids is 1. The minimum atomic E-state index is 0.0900. The predicted molar refractivity (Wildman–Crippen MR) is 104 cm³/mol. The number of nitrogens with one attached hydrogen (secondary N) is 1. The van der Waals surface area contributed by atoms with Crippen LogP contribution in [0.25, 0.3) is 11.1 Å². The van der Waals surface area contributed by atoms with Crippen LogP contribution in [0.1, 0.15) is 48.8 Å². The van der Waals surface area contributed by atoms with Crippen molar-refractivity contribution in [3.8, 4) is 11.1 Å². The molecule has 3 heteroatoms. The Hall–Kier alpha value is -1.97. The molecule has 2 aromatic rings. The molecular formula is C22H29NO2. The predicted octanol–water partition coefficient (Wildman–Crippen LogP) is 3.93. The second-order valence-corrected chi connectivity index (χ2v) is 6.41. The normalized spacial score (nSPS) is 14.3. The molecule has 0 saturated heterocycles. The van der Waals surface area contributed by atoms with E-state index in [0.717, 1.165) is 25.7 Å². The van der Waals surface area contributed by atoms with E-state index in [1.54, 1.807) is 0 Å². The second kappa shape index (κ2) is 10.1. The first-order chi connectivity index (χ1) is 12.3. The fourth-order valence-electron chi connectivity index (χ4n) is 3.35. The first-order valence-corrected chi connectivity index (χ1v) is 9.18. The number of hydrogen-bond acceptors (Lipinski definition) is 3. The van der Waals surface area contributed by atoms with Gasteiger partial charge in [0.25, 0.3) is 0 Å². The third-order valence-corrected chi connectivity index (χ3v) is 4.59. The number of aliphatic hydroxyl groups is 1. The molecule has 2 N–H and O–H groups in total. The zero-order chi connectivity index (χ0) is 18.1. The van der Waals surface area contributed by atoms with Crippen LogP contribution in [0.3, 0.4) is 0 Å². The Morgan fingerprint density at radius 1 is 1.12 bits per heavy atom. The van der Waals surface area contributed by atoms with Crippen LogP contribution in [0.5, 0.6) is 0 Å². The lowest BCUT2D eigenvalue weighted by atomic mass is 9.95. The molecule has 1 atom stereocenters. The van der Waals surface area contributed by atoms with Gasteiger partial charge in [-0.1, -0.05) is 49.4 Å². The number of benzene rings is 2. The maximum Gasteiger partial charge on any atom is 0.120 e. The first kappa shape index (κ1) is 19.4. The van der Waals surface area contributed by atoms with Gasteiger partial charge in [0.05, 0.1) is 6.61 Å². The van der Waals surface area contributed by atoms with Gasteiger partial charge in [0, 0.05) is 12.3 Å². The summed E-state index contributed by atoms with van der Waals surface area (Å²) < 4.78 is 0. The lowest BCUT2D eigenvalue weighted by Crippen LogP contribution is -2.04. The monoisotopic (exact) mass is 339 g/mol. The summed E-state index contributed by atoms with van der Waals surface area (Å²) in [5, 5.41) is 12.7. The Balaban J connectivity index is 0.000000399. The minimum Gasteiger partial charge on any atom is -0.395 e. The number of aliphatic hydroxyl groups excluding tert-OH is 1. The van der Waals surface area contributed by atoms with Crippen molar-refractivity contribution < 1.29 is 9.90 Å². The van der Waals surface area contributed by atoms with Crippen molar-refractivity contribution in [2.75, 3.05) is 20.2 Å². The zero-order valence-corrected chi connectivity index (χ0v) is 15.3. The Morgan fingerprint density at radius 2 is 1.88 bits per heavy atom. The SMILES string of the molecule is CCCNC.O=CCCCc1ccc2c(c1)C(CO)c1ccccc1-2. The third-order valence-electron chi connectivity index (χ3n) is 4.59. The van der Waals surface area contributed by atoms with Gasteiger partial charge in [-0.25, -0.2) is 0 Å². The number of rotatable bonds is 7. The standard InChI is InChI=1S/C18H18O2.C4H11N/c19-10-4-3-5-13-8-9-16-14-6-1-2-7-15(14)18(12-20)17(16)11-13;1-3-4-5-2/h1-2,6-11,18,20H,3-5,12H2;5H,3-4H2,1-2H3. The van der Waals surface area contributed by atoms with E-state index < -0.39 is 0 Å². The number of aldehydes is 1. The van der Waals surface area contributed by atoms with Crippen LogP contribution in [-0.2, 0) is 11.2 Å². The van der Waals surface area contributed by atoms with Gasteiger partial charge in [0.1, 0.15) is 6.29 Å². The lowest BCUT2D eigenvalue weighted by molar-refractivity contribution is -0.107. The topological polar surface area (TPSA) is 49.3 Å². The van der Waals surface area contributed by atoms with Crippen LogP contribution in [0.4, 0.5) is 0 Å². The van der Waals surface area contributed by atoms with E-state index in [1.165, 1.54) is 34.2 Å². The highest BCUT2D eigenvalue weighted by Crippen LogP contribution is 2.44. The number of unbranched alkanes of at least 4 members (excludes halogenated alkanes) is 1. The van der Waals surface area contributed by atoms with Crippen LogP contribution >= 0.6 is 0 Å². The molecular weight excluding hydrogens is 310 g/mol. The molecule has 0 amide bonds. The molecule has 1 aliphatic carbocycles. The minimum absolute atomic E-state index is 0.0900. The van der Waals surface area contributed by atoms with Crippen LogP contribution in [0.2, 0.25) is 0 Å². The highest BCUT2D eigenvalue weighted by Gasteiger charge is 2.27. The molecule has 0 spiro atoms. The summed E-state index contributed by atoms with van der Waals surface area (Å²) in [7, 11) is 1.96. The van der Waals surface area contributed by atoms with E-state index in [1.807, 2.05) is 19.2 Å². The number of aryl methyl sites for hydroxylation is 1. The average Bonchev–Trinajstić information content (AvgIpc) is 2.96. The highest BCUT2D eigenvalue weighted by molar-refractivity contribution is 5.79. The fraction of sp³-hybridized carbons (Fsp3) is 0.409. The maximum absolute atomic E-state index is 10.4. The number of carbonyl (C=O) groups is 1. The van der Waals surface area contributed by atoms with E-state index in [9.17, 15) is 9.90 Å². The third kappa shape index (κ3) is 4.77. The molecule has 25 heavy (non-hydrogen) atoms. The van der Waals surface area contributed by atoms with Gasteiger partial charge in [-0.15, -0.1) is 0 Å². The van der Waals surface area contributed by atoms with Gasteiger partial charge < -0.3 is 15.2 Å². The van der Waals surface area contributed by atoms with E-state index in [0.29, 0.717) is 6.42 Å². The first-order valence-electron chi connectivity index (χ1n) is 9.18. The van der Waals surface area contributed by atoms with E-state index in [4.69, 9.17) is 0 Å². The fourth-order valence-corrected chi connectivity index (χ4v) is 3.35. The molecule has 3 rings (SSSR count). The second-order valence-electron chi connectivity index (χ2n) is 6.41. The Bertz CT molecular complexity index is 679. The van der Waals surface area contributed by atoms with Crippen molar-refractivity contribution in [3.63, 3.8) is 0 Å². The van der Waals surface area contributed by atoms with E-state index in [-0.39, 0.29) is 12.5 Å². The van der Waals surface area contributed by atoms with Crippen molar-refractivity contribution >= 4 is 6.29 Å². The van der Waals surface area contributed by atoms with Gasteiger partial charge >= 0.3 is 0 Å². The van der Waals surface area contributed by atoms with Crippen LogP contribution < -0.4 is 5.32 Å². The smallest absolute Gasteiger partial charge is 0.120 e.